The number of hydrogen-bond donors (Lipinski definition) is 2. The van der Waals surface area contributed by atoms with Crippen LogP contribution in [0.1, 0.15) is 27.7 Å². The molecule has 0 bridgehead atoms. The maximum Gasteiger partial charge on any atom is 0.407 e. The van der Waals surface area contributed by atoms with Gasteiger partial charge in [-0.1, -0.05) is 24.8 Å². The summed E-state index contributed by atoms with van der Waals surface area (Å²) in [6.07, 6.45) is 5.00. The second-order valence-corrected chi connectivity index (χ2v) is 5.46. The predicted octanol–water partition coefficient (Wildman–Crippen LogP) is 2.28. The van der Waals surface area contributed by atoms with Crippen molar-refractivity contribution in [2.24, 2.45) is 5.73 Å². The van der Waals surface area contributed by atoms with Crippen molar-refractivity contribution < 1.29 is 9.53 Å². The Bertz CT molecular complexity index is 416. The zero-order valence-corrected chi connectivity index (χ0v) is 11.5. The van der Waals surface area contributed by atoms with Crippen molar-refractivity contribution in [1.82, 2.24) is 5.32 Å². The summed E-state index contributed by atoms with van der Waals surface area (Å²) in [7, 11) is 0. The van der Waals surface area contributed by atoms with Gasteiger partial charge in [-0.3, -0.25) is 0 Å². The molecule has 0 aliphatic heterocycles. The van der Waals surface area contributed by atoms with E-state index in [0.29, 0.717) is 6.54 Å². The van der Waals surface area contributed by atoms with E-state index in [1.807, 2.05) is 39.8 Å². The van der Waals surface area contributed by atoms with Crippen molar-refractivity contribution >= 4 is 6.09 Å². The van der Waals surface area contributed by atoms with Gasteiger partial charge in [-0.25, -0.2) is 4.79 Å². The lowest BCUT2D eigenvalue weighted by Gasteiger charge is -2.21. The predicted molar refractivity (Wildman–Crippen MR) is 73.2 cm³/mol. The summed E-state index contributed by atoms with van der Waals surface area (Å²) in [5.74, 6) is 0. The van der Waals surface area contributed by atoms with Crippen LogP contribution >= 0.6 is 0 Å². The molecule has 1 aliphatic carbocycles. The molecule has 3 N–H and O–H groups in total. The minimum absolute atomic E-state index is 0.352. The Labute approximate surface area is 109 Å². The van der Waals surface area contributed by atoms with Crippen LogP contribution in [0, 0.1) is 0 Å². The number of carbonyl (C=O) groups is 1. The van der Waals surface area contributed by atoms with Crippen LogP contribution in [0.3, 0.4) is 0 Å². The van der Waals surface area contributed by atoms with Crippen molar-refractivity contribution in [2.45, 2.75) is 38.8 Å². The van der Waals surface area contributed by atoms with E-state index in [9.17, 15) is 4.79 Å². The van der Waals surface area contributed by atoms with Crippen LogP contribution in [-0.2, 0) is 4.74 Å². The molecule has 18 heavy (non-hydrogen) atoms. The molecule has 1 aliphatic rings. The van der Waals surface area contributed by atoms with Gasteiger partial charge >= 0.3 is 6.09 Å². The normalized spacial score (nSPS) is 23.2. The number of allylic oxidation sites excluding steroid dienone is 2. The van der Waals surface area contributed by atoms with Crippen molar-refractivity contribution in [1.29, 1.82) is 0 Å². The molecule has 100 valence electrons. The minimum Gasteiger partial charge on any atom is -0.444 e. The third-order valence-electron chi connectivity index (χ3n) is 2.80. The van der Waals surface area contributed by atoms with Gasteiger partial charge in [-0.2, -0.15) is 0 Å². The maximum atomic E-state index is 11.5. The lowest BCUT2D eigenvalue weighted by Crippen LogP contribution is -2.44. The van der Waals surface area contributed by atoms with E-state index in [1.54, 1.807) is 6.08 Å². The first kappa shape index (κ1) is 14.5. The van der Waals surface area contributed by atoms with Crippen LogP contribution in [0.2, 0.25) is 0 Å². The van der Waals surface area contributed by atoms with E-state index in [2.05, 4.69) is 11.9 Å². The number of hydrogen-bond acceptors (Lipinski definition) is 3. The molecule has 0 heterocycles. The van der Waals surface area contributed by atoms with E-state index in [-0.39, 0.29) is 0 Å². The highest BCUT2D eigenvalue weighted by Gasteiger charge is 2.45. The molecule has 0 aromatic carbocycles. The van der Waals surface area contributed by atoms with Crippen LogP contribution in [0.5, 0.6) is 0 Å². The van der Waals surface area contributed by atoms with Crippen LogP contribution < -0.4 is 11.1 Å². The Hall–Kier alpha value is -1.55. The fraction of sp³-hybridized carbons (Fsp3) is 0.500. The van der Waals surface area contributed by atoms with Gasteiger partial charge in [0.05, 0.1) is 5.54 Å². The first-order chi connectivity index (χ1) is 8.20. The second-order valence-electron chi connectivity index (χ2n) is 5.46. The van der Waals surface area contributed by atoms with Crippen LogP contribution in [0.4, 0.5) is 4.79 Å². The minimum atomic E-state index is -0.531. The molecular formula is C14H22N2O2. The molecule has 0 saturated heterocycles. The summed E-state index contributed by atoms with van der Waals surface area (Å²) in [5, 5.41) is 2.69. The standard InChI is InChI=1S/C14H22N2O2/c1-6-7-8-11-10(2)14(11,15)9-16-12(17)18-13(3,4)5/h6-8H,1,9,15H2,2-5H3,(H,16,17)/b8-7-. The molecule has 4 heteroatoms. The van der Waals surface area contributed by atoms with E-state index in [4.69, 9.17) is 10.5 Å². The summed E-state index contributed by atoms with van der Waals surface area (Å²) in [5.41, 5.74) is 7.25. The Balaban J connectivity index is 2.44. The average Bonchev–Trinajstić information content (AvgIpc) is 2.74. The Morgan fingerprint density at radius 3 is 2.67 bits per heavy atom. The van der Waals surface area contributed by atoms with Crippen LogP contribution in [-0.4, -0.2) is 23.8 Å². The van der Waals surface area contributed by atoms with Crippen LogP contribution in [0.15, 0.2) is 36.0 Å². The molecule has 0 aromatic heterocycles. The zero-order valence-electron chi connectivity index (χ0n) is 11.5. The van der Waals surface area contributed by atoms with Crippen molar-refractivity contribution in [3.05, 3.63) is 36.0 Å². The summed E-state index contributed by atoms with van der Waals surface area (Å²) in [4.78, 5) is 11.5. The average molecular weight is 250 g/mol. The topological polar surface area (TPSA) is 64.3 Å². The number of carbonyl (C=O) groups excluding carboxylic acids is 1. The molecule has 1 amide bonds. The Morgan fingerprint density at radius 2 is 2.17 bits per heavy atom. The third-order valence-corrected chi connectivity index (χ3v) is 2.80. The Kier molecular flexibility index (Phi) is 4.02. The fourth-order valence-electron chi connectivity index (χ4n) is 1.70. The number of rotatable bonds is 4. The van der Waals surface area contributed by atoms with E-state index in [0.717, 1.165) is 11.1 Å². The second kappa shape index (κ2) is 4.98. The molecular weight excluding hydrogens is 228 g/mol. The highest BCUT2D eigenvalue weighted by atomic mass is 16.6. The lowest BCUT2D eigenvalue weighted by molar-refractivity contribution is 0.0524. The van der Waals surface area contributed by atoms with Crippen molar-refractivity contribution in [2.75, 3.05) is 6.54 Å². The monoisotopic (exact) mass is 250 g/mol. The first-order valence-corrected chi connectivity index (χ1v) is 5.97. The Morgan fingerprint density at radius 1 is 1.56 bits per heavy atom. The van der Waals surface area contributed by atoms with Gasteiger partial charge in [0.15, 0.2) is 0 Å². The third kappa shape index (κ3) is 3.47. The molecule has 0 fully saturated rings. The molecule has 0 saturated carbocycles. The van der Waals surface area contributed by atoms with Gasteiger partial charge < -0.3 is 15.8 Å². The van der Waals surface area contributed by atoms with Gasteiger partial charge in [-0.15, -0.1) is 0 Å². The molecule has 4 nitrogen and oxygen atoms in total. The van der Waals surface area contributed by atoms with Gasteiger partial charge in [0, 0.05) is 6.54 Å². The number of nitrogens with two attached hydrogens (primary N) is 1. The number of amides is 1. The van der Waals surface area contributed by atoms with Gasteiger partial charge in [-0.05, 0) is 38.8 Å². The molecule has 1 rings (SSSR count). The largest absolute Gasteiger partial charge is 0.444 e. The molecule has 0 radical (unpaired) electrons. The van der Waals surface area contributed by atoms with Crippen LogP contribution in [0.25, 0.3) is 0 Å². The molecule has 1 atom stereocenters. The fourth-order valence-corrected chi connectivity index (χ4v) is 1.70. The number of alkyl carbamates (subject to hydrolysis) is 1. The lowest BCUT2D eigenvalue weighted by atomic mass is 10.1. The first-order valence-electron chi connectivity index (χ1n) is 5.97. The summed E-state index contributed by atoms with van der Waals surface area (Å²) < 4.78 is 5.15. The summed E-state index contributed by atoms with van der Waals surface area (Å²) >= 11 is 0. The zero-order chi connectivity index (χ0) is 14.0. The highest BCUT2D eigenvalue weighted by Crippen LogP contribution is 2.41. The van der Waals surface area contributed by atoms with Gasteiger partial charge in [0.1, 0.15) is 5.60 Å². The maximum absolute atomic E-state index is 11.5. The SMILES string of the molecule is C=C/C=C\C1=C(C)C1(N)CNC(=O)OC(C)(C)C. The number of ether oxygens (including phenoxy) is 1. The van der Waals surface area contributed by atoms with E-state index in [1.165, 1.54) is 0 Å². The van der Waals surface area contributed by atoms with Gasteiger partial charge in [0.2, 0.25) is 0 Å². The number of nitrogens with one attached hydrogen (secondary N) is 1. The smallest absolute Gasteiger partial charge is 0.407 e. The quantitative estimate of drug-likeness (QED) is 0.752. The summed E-state index contributed by atoms with van der Waals surface area (Å²) in [6, 6.07) is 0. The molecule has 0 spiro atoms. The molecule has 0 aromatic rings. The van der Waals surface area contributed by atoms with E-state index < -0.39 is 17.2 Å². The van der Waals surface area contributed by atoms with Crippen molar-refractivity contribution in [3.8, 4) is 0 Å². The highest BCUT2D eigenvalue weighted by molar-refractivity contribution is 5.70. The van der Waals surface area contributed by atoms with E-state index >= 15 is 0 Å². The summed E-state index contributed by atoms with van der Waals surface area (Å²) in [6.45, 7) is 11.4. The van der Waals surface area contributed by atoms with Gasteiger partial charge in [0.25, 0.3) is 0 Å². The molecule has 1 unspecified atom stereocenters. The van der Waals surface area contributed by atoms with Crippen molar-refractivity contribution in [3.63, 3.8) is 0 Å².